The maximum Gasteiger partial charge on any atom is 0.343 e. The third kappa shape index (κ3) is 3.88. The fourth-order valence-electron chi connectivity index (χ4n) is 3.27. The first kappa shape index (κ1) is 20.2. The molecule has 0 atom stereocenters. The minimum absolute atomic E-state index is 0.133. The number of hydrogen-bond donors (Lipinski definition) is 0. The van der Waals surface area contributed by atoms with Crippen molar-refractivity contribution in [3.05, 3.63) is 88.1 Å². The lowest BCUT2D eigenvalue weighted by Crippen LogP contribution is -2.16. The van der Waals surface area contributed by atoms with Crippen molar-refractivity contribution in [3.63, 3.8) is 0 Å². The van der Waals surface area contributed by atoms with Gasteiger partial charge in [0.15, 0.2) is 17.3 Å². The Morgan fingerprint density at radius 2 is 1.61 bits per heavy atom. The average molecular weight is 416 g/mol. The van der Waals surface area contributed by atoms with Crippen LogP contribution in [0.5, 0.6) is 17.2 Å². The van der Waals surface area contributed by atoms with Crippen LogP contribution in [0.1, 0.15) is 15.9 Å². The smallest absolute Gasteiger partial charge is 0.343 e. The topological polar surface area (TPSA) is 75.0 Å². The first-order valence-electron chi connectivity index (χ1n) is 9.59. The van der Waals surface area contributed by atoms with Gasteiger partial charge in [-0.15, -0.1) is 0 Å². The highest BCUT2D eigenvalue weighted by Gasteiger charge is 2.22. The van der Waals surface area contributed by atoms with E-state index < -0.39 is 11.4 Å². The van der Waals surface area contributed by atoms with Crippen LogP contribution >= 0.6 is 0 Å². The molecule has 4 rings (SSSR count). The molecule has 3 aromatic carbocycles. The molecule has 6 heteroatoms. The predicted molar refractivity (Wildman–Crippen MR) is 117 cm³/mol. The third-order valence-corrected chi connectivity index (χ3v) is 4.86. The number of carbonyl (C=O) groups excluding carboxylic acids is 1. The molecule has 0 amide bonds. The van der Waals surface area contributed by atoms with Crippen LogP contribution in [0.25, 0.3) is 22.3 Å². The summed E-state index contributed by atoms with van der Waals surface area (Å²) in [5, 5.41) is 0.325. The van der Waals surface area contributed by atoms with Crippen molar-refractivity contribution >= 4 is 16.9 Å². The molecule has 0 radical (unpaired) electrons. The molecule has 0 N–H and O–H groups in total. The normalized spacial score (nSPS) is 10.7. The van der Waals surface area contributed by atoms with Gasteiger partial charge in [-0.2, -0.15) is 0 Å². The number of ether oxygens (including phenoxy) is 3. The summed E-state index contributed by atoms with van der Waals surface area (Å²) >= 11 is 0. The van der Waals surface area contributed by atoms with E-state index in [0.717, 1.165) is 5.56 Å². The summed E-state index contributed by atoms with van der Waals surface area (Å²) in [5.41, 5.74) is 1.73. The molecule has 156 valence electrons. The molecule has 0 unspecified atom stereocenters. The highest BCUT2D eigenvalue weighted by Crippen LogP contribution is 2.37. The van der Waals surface area contributed by atoms with Gasteiger partial charge in [-0.25, -0.2) is 4.79 Å². The van der Waals surface area contributed by atoms with E-state index in [2.05, 4.69) is 0 Å². The summed E-state index contributed by atoms with van der Waals surface area (Å²) in [6, 6.07) is 18.8. The van der Waals surface area contributed by atoms with Crippen LogP contribution in [-0.2, 0) is 0 Å². The molecular weight excluding hydrogens is 396 g/mol. The Morgan fingerprint density at radius 1 is 0.871 bits per heavy atom. The second-order valence-corrected chi connectivity index (χ2v) is 6.91. The van der Waals surface area contributed by atoms with Crippen molar-refractivity contribution in [1.29, 1.82) is 0 Å². The summed E-state index contributed by atoms with van der Waals surface area (Å²) in [4.78, 5) is 26.0. The Morgan fingerprint density at radius 3 is 2.32 bits per heavy atom. The molecule has 0 aliphatic carbocycles. The van der Waals surface area contributed by atoms with Gasteiger partial charge in [0.25, 0.3) is 0 Å². The van der Waals surface area contributed by atoms with Gasteiger partial charge in [-0.05, 0) is 55.0 Å². The van der Waals surface area contributed by atoms with E-state index in [1.807, 2.05) is 6.92 Å². The lowest BCUT2D eigenvalue weighted by Gasteiger charge is -2.13. The van der Waals surface area contributed by atoms with Gasteiger partial charge in [0, 0.05) is 5.56 Å². The van der Waals surface area contributed by atoms with Crippen LogP contribution in [0.3, 0.4) is 0 Å². The molecule has 6 nitrogen and oxygen atoms in total. The average Bonchev–Trinajstić information content (AvgIpc) is 2.80. The van der Waals surface area contributed by atoms with E-state index in [4.69, 9.17) is 18.6 Å². The van der Waals surface area contributed by atoms with Crippen LogP contribution in [0.15, 0.2) is 75.9 Å². The van der Waals surface area contributed by atoms with Crippen molar-refractivity contribution in [1.82, 2.24) is 0 Å². The number of carbonyl (C=O) groups is 1. The standard InChI is InChI=1S/C25H20O6/c1-15-9-11-18-20(13-15)30-23(17-10-12-19(28-2)21(14-17)29-3)24(22(18)26)31-25(27)16-7-5-4-6-8-16/h4-14H,1-3H3. The SMILES string of the molecule is COc1ccc(-c2oc3cc(C)ccc3c(=O)c2OC(=O)c2ccccc2)cc1OC. The number of rotatable bonds is 5. The van der Waals surface area contributed by atoms with E-state index in [9.17, 15) is 9.59 Å². The lowest BCUT2D eigenvalue weighted by molar-refractivity contribution is 0.0731. The van der Waals surface area contributed by atoms with Crippen LogP contribution in [0, 0.1) is 6.92 Å². The summed E-state index contributed by atoms with van der Waals surface area (Å²) in [6.07, 6.45) is 0. The number of hydrogen-bond acceptors (Lipinski definition) is 6. The van der Waals surface area contributed by atoms with Crippen LogP contribution in [0.4, 0.5) is 0 Å². The molecular formula is C25H20O6. The maximum atomic E-state index is 13.3. The Labute approximate surface area is 178 Å². The summed E-state index contributed by atoms with van der Waals surface area (Å²) in [7, 11) is 3.04. The molecule has 0 fully saturated rings. The Bertz CT molecular complexity index is 1320. The van der Waals surface area contributed by atoms with Crippen molar-refractivity contribution in [2.24, 2.45) is 0 Å². The molecule has 0 aliphatic heterocycles. The number of methoxy groups -OCH3 is 2. The highest BCUT2D eigenvalue weighted by molar-refractivity contribution is 5.93. The monoisotopic (exact) mass is 416 g/mol. The Balaban J connectivity index is 1.93. The van der Waals surface area contributed by atoms with Gasteiger partial charge in [-0.3, -0.25) is 4.79 Å². The lowest BCUT2D eigenvalue weighted by atomic mass is 10.1. The zero-order chi connectivity index (χ0) is 22.0. The van der Waals surface area contributed by atoms with Gasteiger partial charge in [0.05, 0.1) is 25.2 Å². The van der Waals surface area contributed by atoms with Crippen molar-refractivity contribution in [2.75, 3.05) is 14.2 Å². The van der Waals surface area contributed by atoms with E-state index in [1.165, 1.54) is 14.2 Å². The molecule has 4 aromatic rings. The molecule has 0 spiro atoms. The van der Waals surface area contributed by atoms with Crippen molar-refractivity contribution in [2.45, 2.75) is 6.92 Å². The molecule has 0 bridgehead atoms. The zero-order valence-corrected chi connectivity index (χ0v) is 17.3. The summed E-state index contributed by atoms with van der Waals surface area (Å²) in [5.74, 6) is 0.271. The number of esters is 1. The Hall–Kier alpha value is -4.06. The predicted octanol–water partition coefficient (Wildman–Crippen LogP) is 5.00. The molecule has 0 saturated carbocycles. The second kappa shape index (κ2) is 8.36. The van der Waals surface area contributed by atoms with Gasteiger partial charge in [0.2, 0.25) is 11.2 Å². The number of aryl methyl sites for hydroxylation is 1. The van der Waals surface area contributed by atoms with E-state index in [1.54, 1.807) is 66.7 Å². The molecule has 0 saturated heterocycles. The van der Waals surface area contributed by atoms with Gasteiger partial charge < -0.3 is 18.6 Å². The maximum absolute atomic E-state index is 13.3. The van der Waals surface area contributed by atoms with E-state index in [0.29, 0.717) is 33.6 Å². The zero-order valence-electron chi connectivity index (χ0n) is 17.3. The van der Waals surface area contributed by atoms with Crippen molar-refractivity contribution < 1.29 is 23.4 Å². The summed E-state index contributed by atoms with van der Waals surface area (Å²) in [6.45, 7) is 1.90. The first-order chi connectivity index (χ1) is 15.0. The summed E-state index contributed by atoms with van der Waals surface area (Å²) < 4.78 is 22.3. The molecule has 1 heterocycles. The van der Waals surface area contributed by atoms with Crippen LogP contribution < -0.4 is 19.6 Å². The van der Waals surface area contributed by atoms with Crippen LogP contribution in [-0.4, -0.2) is 20.2 Å². The van der Waals surface area contributed by atoms with Gasteiger partial charge >= 0.3 is 5.97 Å². The Kier molecular flexibility index (Phi) is 5.45. The minimum Gasteiger partial charge on any atom is -0.493 e. The molecule has 31 heavy (non-hydrogen) atoms. The van der Waals surface area contributed by atoms with E-state index in [-0.39, 0.29) is 11.5 Å². The number of benzene rings is 3. The molecule has 0 aliphatic rings. The fourth-order valence-corrected chi connectivity index (χ4v) is 3.27. The minimum atomic E-state index is -0.652. The third-order valence-electron chi connectivity index (χ3n) is 4.86. The van der Waals surface area contributed by atoms with Gasteiger partial charge in [0.1, 0.15) is 5.58 Å². The molecule has 1 aromatic heterocycles. The quantitative estimate of drug-likeness (QED) is 0.426. The fraction of sp³-hybridized carbons (Fsp3) is 0.120. The van der Waals surface area contributed by atoms with Gasteiger partial charge in [-0.1, -0.05) is 24.3 Å². The highest BCUT2D eigenvalue weighted by atomic mass is 16.5. The first-order valence-corrected chi connectivity index (χ1v) is 9.59. The van der Waals surface area contributed by atoms with Crippen molar-refractivity contribution in [3.8, 4) is 28.6 Å². The van der Waals surface area contributed by atoms with Crippen LogP contribution in [0.2, 0.25) is 0 Å². The number of fused-ring (bicyclic) bond motifs is 1. The van der Waals surface area contributed by atoms with E-state index >= 15 is 0 Å². The second-order valence-electron chi connectivity index (χ2n) is 6.91. The largest absolute Gasteiger partial charge is 0.493 e.